The summed E-state index contributed by atoms with van der Waals surface area (Å²) in [5.74, 6) is -2.54. The van der Waals surface area contributed by atoms with Crippen LogP contribution in [0.4, 0.5) is 11.5 Å². The lowest BCUT2D eigenvalue weighted by Gasteiger charge is -2.17. The van der Waals surface area contributed by atoms with E-state index < -0.39 is 29.1 Å². The van der Waals surface area contributed by atoms with Crippen LogP contribution >= 0.6 is 0 Å². The highest BCUT2D eigenvalue weighted by Gasteiger charge is 2.21. The highest BCUT2D eigenvalue weighted by molar-refractivity contribution is 6.06. The summed E-state index contributed by atoms with van der Waals surface area (Å²) in [7, 11) is 1.27. The molecule has 1 aromatic heterocycles. The molecule has 0 aliphatic rings. The second-order valence-corrected chi connectivity index (χ2v) is 8.08. The van der Waals surface area contributed by atoms with Crippen LogP contribution in [0.15, 0.2) is 70.3 Å². The predicted molar refractivity (Wildman–Crippen MR) is 136 cm³/mol. The summed E-state index contributed by atoms with van der Waals surface area (Å²) in [6, 6.07) is 16.3. The van der Waals surface area contributed by atoms with Gasteiger partial charge >= 0.3 is 17.6 Å². The molecule has 1 heterocycles. The minimum absolute atomic E-state index is 0.0574. The first-order valence-electron chi connectivity index (χ1n) is 11.0. The lowest BCUT2D eigenvalue weighted by atomic mass is 10.1. The van der Waals surface area contributed by atoms with Crippen molar-refractivity contribution in [1.29, 1.82) is 0 Å². The molecule has 11 nitrogen and oxygen atoms in total. The largest absolute Gasteiger partial charge is 0.427 e. The SMILES string of the molecule is CC(=O)Oc1cc(OC(C)=O)cc(C(=O)Nc2c(N)n(-c3cccc4ccccc34)c(=O)n(C)c2=O)c1. The number of nitrogens with two attached hydrogens (primary N) is 1. The summed E-state index contributed by atoms with van der Waals surface area (Å²) in [4.78, 5) is 62.1. The van der Waals surface area contributed by atoms with Crippen molar-refractivity contribution in [2.45, 2.75) is 13.8 Å². The zero-order valence-corrected chi connectivity index (χ0v) is 20.1. The van der Waals surface area contributed by atoms with Gasteiger partial charge in [-0.25, -0.2) is 9.36 Å². The second kappa shape index (κ2) is 9.82. The summed E-state index contributed by atoms with van der Waals surface area (Å²) in [6.07, 6.45) is 0. The number of nitrogens with zero attached hydrogens (tertiary/aromatic N) is 2. The first kappa shape index (κ1) is 24.9. The van der Waals surface area contributed by atoms with Crippen molar-refractivity contribution in [3.05, 3.63) is 87.1 Å². The number of nitrogen functional groups attached to an aromatic ring is 1. The molecule has 0 atom stereocenters. The van der Waals surface area contributed by atoms with E-state index in [9.17, 15) is 24.0 Å². The molecule has 0 radical (unpaired) electrons. The maximum absolute atomic E-state index is 13.2. The zero-order chi connectivity index (χ0) is 26.9. The molecule has 0 saturated heterocycles. The number of hydrogen-bond donors (Lipinski definition) is 2. The smallest absolute Gasteiger partial charge is 0.337 e. The van der Waals surface area contributed by atoms with Crippen LogP contribution in [-0.4, -0.2) is 27.0 Å². The van der Waals surface area contributed by atoms with Crippen molar-refractivity contribution in [3.63, 3.8) is 0 Å². The normalized spacial score (nSPS) is 10.7. The number of carbonyl (C=O) groups is 3. The van der Waals surface area contributed by atoms with Crippen molar-refractivity contribution in [1.82, 2.24) is 9.13 Å². The molecule has 0 bridgehead atoms. The number of ether oxygens (including phenoxy) is 2. The molecule has 0 unspecified atom stereocenters. The molecule has 0 aliphatic carbocycles. The molecular weight excluding hydrogens is 480 g/mol. The van der Waals surface area contributed by atoms with Crippen LogP contribution in [0.5, 0.6) is 11.5 Å². The van der Waals surface area contributed by atoms with Crippen LogP contribution in [0.1, 0.15) is 24.2 Å². The van der Waals surface area contributed by atoms with Gasteiger partial charge in [0.2, 0.25) is 0 Å². The molecule has 0 saturated carbocycles. The van der Waals surface area contributed by atoms with Gasteiger partial charge in [0.05, 0.1) is 5.69 Å². The minimum atomic E-state index is -0.830. The van der Waals surface area contributed by atoms with Crippen LogP contribution in [0.3, 0.4) is 0 Å². The molecule has 4 rings (SSSR count). The third-order valence-electron chi connectivity index (χ3n) is 5.41. The Hall–Kier alpha value is -5.19. The van der Waals surface area contributed by atoms with Crippen molar-refractivity contribution in [2.24, 2.45) is 7.05 Å². The highest BCUT2D eigenvalue weighted by Crippen LogP contribution is 2.27. The number of anilines is 2. The number of esters is 2. The standard InChI is InChI=1S/C26H22N4O7/c1-14(31)36-18-11-17(12-19(13-18)37-15(2)32)24(33)28-22-23(27)30(26(35)29(3)25(22)34)21-10-6-8-16-7-4-5-9-20(16)21/h4-13H,27H2,1-3H3,(H,28,33). The fourth-order valence-corrected chi connectivity index (χ4v) is 3.82. The third kappa shape index (κ3) is 4.96. The van der Waals surface area contributed by atoms with Crippen molar-refractivity contribution >= 4 is 40.1 Å². The fraction of sp³-hybridized carbons (Fsp3) is 0.115. The van der Waals surface area contributed by atoms with E-state index in [2.05, 4.69) is 5.32 Å². The average Bonchev–Trinajstić information content (AvgIpc) is 2.84. The molecule has 0 fully saturated rings. The van der Waals surface area contributed by atoms with Crippen LogP contribution in [0, 0.1) is 0 Å². The van der Waals surface area contributed by atoms with Gasteiger partial charge in [0.1, 0.15) is 23.0 Å². The Bertz CT molecular complexity index is 1660. The topological polar surface area (TPSA) is 152 Å². The van der Waals surface area contributed by atoms with Gasteiger partial charge in [-0.2, -0.15) is 0 Å². The number of benzene rings is 3. The molecule has 11 heteroatoms. The Morgan fingerprint density at radius 2 is 1.46 bits per heavy atom. The first-order valence-corrected chi connectivity index (χ1v) is 11.0. The molecule has 4 aromatic rings. The van der Waals surface area contributed by atoms with Gasteiger partial charge < -0.3 is 20.5 Å². The van der Waals surface area contributed by atoms with E-state index in [1.165, 1.54) is 39.1 Å². The van der Waals surface area contributed by atoms with Crippen LogP contribution in [0.25, 0.3) is 16.5 Å². The second-order valence-electron chi connectivity index (χ2n) is 8.08. The first-order chi connectivity index (χ1) is 17.6. The van der Waals surface area contributed by atoms with E-state index in [1.54, 1.807) is 24.3 Å². The monoisotopic (exact) mass is 502 g/mol. The predicted octanol–water partition coefficient (Wildman–Crippen LogP) is 2.37. The molecule has 0 spiro atoms. The summed E-state index contributed by atoms with van der Waals surface area (Å²) >= 11 is 0. The van der Waals surface area contributed by atoms with Crippen molar-refractivity contribution in [2.75, 3.05) is 11.1 Å². The Kier molecular flexibility index (Phi) is 6.61. The number of fused-ring (bicyclic) bond motifs is 1. The molecule has 37 heavy (non-hydrogen) atoms. The minimum Gasteiger partial charge on any atom is -0.427 e. The Morgan fingerprint density at radius 1 is 0.865 bits per heavy atom. The highest BCUT2D eigenvalue weighted by atomic mass is 16.5. The number of hydrogen-bond acceptors (Lipinski definition) is 8. The average molecular weight is 502 g/mol. The van der Waals surface area contributed by atoms with E-state index in [1.807, 2.05) is 18.2 Å². The summed E-state index contributed by atoms with van der Waals surface area (Å²) in [6.45, 7) is 2.33. The van der Waals surface area contributed by atoms with E-state index >= 15 is 0 Å². The quantitative estimate of drug-likeness (QED) is 0.312. The van der Waals surface area contributed by atoms with E-state index in [-0.39, 0.29) is 28.6 Å². The third-order valence-corrected chi connectivity index (χ3v) is 5.41. The van der Waals surface area contributed by atoms with Crippen molar-refractivity contribution < 1.29 is 23.9 Å². The number of rotatable bonds is 5. The van der Waals surface area contributed by atoms with Crippen LogP contribution < -0.4 is 31.8 Å². The van der Waals surface area contributed by atoms with Gasteiger partial charge in [-0.3, -0.25) is 23.7 Å². The Balaban J connectivity index is 1.84. The van der Waals surface area contributed by atoms with Crippen molar-refractivity contribution in [3.8, 4) is 17.2 Å². The lowest BCUT2D eigenvalue weighted by molar-refractivity contribution is -0.132. The summed E-state index contributed by atoms with van der Waals surface area (Å²) in [5.41, 5.74) is 4.74. The molecule has 188 valence electrons. The Labute approximate surface area is 209 Å². The number of nitrogens with one attached hydrogen (secondary N) is 1. The van der Waals surface area contributed by atoms with Gasteiger partial charge in [0.15, 0.2) is 0 Å². The van der Waals surface area contributed by atoms with E-state index in [4.69, 9.17) is 15.2 Å². The Morgan fingerprint density at radius 3 is 2.08 bits per heavy atom. The van der Waals surface area contributed by atoms with Crippen LogP contribution in [-0.2, 0) is 16.6 Å². The molecule has 3 N–H and O–H groups in total. The van der Waals surface area contributed by atoms with E-state index in [0.29, 0.717) is 11.1 Å². The maximum atomic E-state index is 13.2. The maximum Gasteiger partial charge on any atom is 0.337 e. The van der Waals surface area contributed by atoms with E-state index in [0.717, 1.165) is 14.5 Å². The summed E-state index contributed by atoms with van der Waals surface area (Å²) < 4.78 is 12.0. The number of carbonyl (C=O) groups excluding carboxylic acids is 3. The van der Waals surface area contributed by atoms with Gasteiger partial charge in [0, 0.05) is 37.9 Å². The zero-order valence-electron chi connectivity index (χ0n) is 20.1. The fourth-order valence-electron chi connectivity index (χ4n) is 3.82. The molecular formula is C26H22N4O7. The number of aromatic nitrogens is 2. The van der Waals surface area contributed by atoms with Gasteiger partial charge in [-0.1, -0.05) is 36.4 Å². The lowest BCUT2D eigenvalue weighted by Crippen LogP contribution is -2.40. The molecule has 3 aromatic carbocycles. The number of amides is 1. The molecule has 0 aliphatic heterocycles. The van der Waals surface area contributed by atoms with Crippen LogP contribution in [0.2, 0.25) is 0 Å². The summed E-state index contributed by atoms with van der Waals surface area (Å²) in [5, 5.41) is 3.99. The van der Waals surface area contributed by atoms with Gasteiger partial charge in [-0.05, 0) is 23.6 Å². The molecule has 1 amide bonds. The van der Waals surface area contributed by atoms with Gasteiger partial charge in [-0.15, -0.1) is 0 Å². The van der Waals surface area contributed by atoms with Gasteiger partial charge in [0.25, 0.3) is 11.5 Å².